The standard InChI is InChI=1S/C11H14BrNO4/c1-15-11(4-5-16-7-11)6-13-10(14)8-2-3-9(12)17-8/h2-3H,4-7H2,1H3,(H,13,14). The predicted octanol–water partition coefficient (Wildman–Crippen LogP) is 1.58. The summed E-state index contributed by atoms with van der Waals surface area (Å²) < 4.78 is 16.4. The van der Waals surface area contributed by atoms with E-state index >= 15 is 0 Å². The molecule has 1 unspecified atom stereocenters. The number of hydrogen-bond acceptors (Lipinski definition) is 4. The van der Waals surface area contributed by atoms with Gasteiger partial charge in [0, 0.05) is 26.7 Å². The summed E-state index contributed by atoms with van der Waals surface area (Å²) in [6, 6.07) is 3.30. The monoisotopic (exact) mass is 303 g/mol. The first-order valence-electron chi connectivity index (χ1n) is 5.32. The molecular formula is C11H14BrNO4. The van der Waals surface area contributed by atoms with Crippen LogP contribution in [0.2, 0.25) is 0 Å². The first-order chi connectivity index (χ1) is 8.15. The molecule has 1 N–H and O–H groups in total. The molecule has 0 aromatic carbocycles. The van der Waals surface area contributed by atoms with E-state index in [1.165, 1.54) is 0 Å². The summed E-state index contributed by atoms with van der Waals surface area (Å²) in [5, 5.41) is 2.79. The minimum absolute atomic E-state index is 0.251. The van der Waals surface area contributed by atoms with E-state index in [0.717, 1.165) is 6.42 Å². The molecule has 0 radical (unpaired) electrons. The first-order valence-corrected chi connectivity index (χ1v) is 6.11. The average Bonchev–Trinajstić information content (AvgIpc) is 2.95. The van der Waals surface area contributed by atoms with E-state index in [-0.39, 0.29) is 11.7 Å². The summed E-state index contributed by atoms with van der Waals surface area (Å²) in [6.07, 6.45) is 0.783. The van der Waals surface area contributed by atoms with Crippen molar-refractivity contribution in [1.82, 2.24) is 5.32 Å². The molecule has 0 aliphatic carbocycles. The van der Waals surface area contributed by atoms with Crippen LogP contribution in [-0.2, 0) is 9.47 Å². The van der Waals surface area contributed by atoms with Gasteiger partial charge in [0.1, 0.15) is 5.60 Å². The van der Waals surface area contributed by atoms with Crippen LogP contribution in [0, 0.1) is 0 Å². The van der Waals surface area contributed by atoms with Crippen molar-refractivity contribution in [3.63, 3.8) is 0 Å². The van der Waals surface area contributed by atoms with Gasteiger partial charge in [0.25, 0.3) is 5.91 Å². The van der Waals surface area contributed by atoms with Crippen molar-refractivity contribution < 1.29 is 18.7 Å². The summed E-state index contributed by atoms with van der Waals surface area (Å²) in [5.74, 6) is 0.0288. The second-order valence-electron chi connectivity index (χ2n) is 3.98. The molecule has 1 aliphatic rings. The van der Waals surface area contributed by atoms with Gasteiger partial charge in [-0.05, 0) is 28.1 Å². The Hall–Kier alpha value is -0.850. The lowest BCUT2D eigenvalue weighted by Gasteiger charge is -2.25. The molecule has 1 saturated heterocycles. The minimum atomic E-state index is -0.403. The van der Waals surface area contributed by atoms with Crippen molar-refractivity contribution >= 4 is 21.8 Å². The maximum Gasteiger partial charge on any atom is 0.287 e. The quantitative estimate of drug-likeness (QED) is 0.917. The van der Waals surface area contributed by atoms with Gasteiger partial charge in [-0.25, -0.2) is 0 Å². The average molecular weight is 304 g/mol. The largest absolute Gasteiger partial charge is 0.444 e. The molecule has 0 bridgehead atoms. The Morgan fingerprint density at radius 1 is 1.65 bits per heavy atom. The van der Waals surface area contributed by atoms with E-state index in [0.29, 0.717) is 24.4 Å². The zero-order valence-electron chi connectivity index (χ0n) is 9.49. The van der Waals surface area contributed by atoms with Gasteiger partial charge in [-0.15, -0.1) is 0 Å². The Kier molecular flexibility index (Phi) is 3.86. The SMILES string of the molecule is COC1(CNC(=O)c2ccc(Br)o2)CCOC1. The molecule has 1 aromatic heterocycles. The molecule has 94 valence electrons. The number of hydrogen-bond donors (Lipinski definition) is 1. The summed E-state index contributed by atoms with van der Waals surface area (Å²) >= 11 is 3.15. The number of halogens is 1. The van der Waals surface area contributed by atoms with Gasteiger partial charge in [0.05, 0.1) is 6.61 Å². The molecule has 2 rings (SSSR count). The maximum absolute atomic E-state index is 11.8. The summed E-state index contributed by atoms with van der Waals surface area (Å²) in [6.45, 7) is 1.59. The molecule has 1 amide bonds. The van der Waals surface area contributed by atoms with Gasteiger partial charge >= 0.3 is 0 Å². The van der Waals surface area contributed by atoms with Crippen LogP contribution in [0.25, 0.3) is 0 Å². The predicted molar refractivity (Wildman–Crippen MR) is 63.9 cm³/mol. The van der Waals surface area contributed by atoms with Crippen LogP contribution >= 0.6 is 15.9 Å². The van der Waals surface area contributed by atoms with Gasteiger partial charge in [-0.2, -0.15) is 0 Å². The Bertz CT molecular complexity index is 398. The van der Waals surface area contributed by atoms with Crippen LogP contribution in [0.4, 0.5) is 0 Å². The third-order valence-electron chi connectivity index (χ3n) is 2.87. The number of carbonyl (C=O) groups is 1. The minimum Gasteiger partial charge on any atom is -0.444 e. The summed E-state index contributed by atoms with van der Waals surface area (Å²) in [5.41, 5.74) is -0.403. The third-order valence-corrected chi connectivity index (χ3v) is 3.29. The van der Waals surface area contributed by atoms with Crippen LogP contribution < -0.4 is 5.32 Å². The second kappa shape index (κ2) is 5.20. The number of ether oxygens (including phenoxy) is 2. The third kappa shape index (κ3) is 2.88. The van der Waals surface area contributed by atoms with E-state index in [1.807, 2.05) is 0 Å². The molecule has 1 aromatic rings. The summed E-state index contributed by atoms with van der Waals surface area (Å²) in [7, 11) is 1.63. The Morgan fingerprint density at radius 3 is 3.00 bits per heavy atom. The van der Waals surface area contributed by atoms with Gasteiger partial charge < -0.3 is 19.2 Å². The maximum atomic E-state index is 11.8. The molecule has 1 fully saturated rings. The highest BCUT2D eigenvalue weighted by Gasteiger charge is 2.35. The van der Waals surface area contributed by atoms with Crippen LogP contribution in [-0.4, -0.2) is 38.4 Å². The molecule has 0 saturated carbocycles. The highest BCUT2D eigenvalue weighted by atomic mass is 79.9. The van der Waals surface area contributed by atoms with Crippen molar-refractivity contribution in [1.29, 1.82) is 0 Å². The highest BCUT2D eigenvalue weighted by Crippen LogP contribution is 2.21. The van der Waals surface area contributed by atoms with Gasteiger partial charge in [-0.1, -0.05) is 0 Å². The second-order valence-corrected chi connectivity index (χ2v) is 4.76. The fraction of sp³-hybridized carbons (Fsp3) is 0.545. The Balaban J connectivity index is 1.91. The van der Waals surface area contributed by atoms with E-state index in [2.05, 4.69) is 21.2 Å². The van der Waals surface area contributed by atoms with Crippen molar-refractivity contribution in [3.8, 4) is 0 Å². The van der Waals surface area contributed by atoms with Crippen molar-refractivity contribution in [2.75, 3.05) is 26.9 Å². The fourth-order valence-corrected chi connectivity index (χ4v) is 2.03. The molecule has 1 atom stereocenters. The molecule has 17 heavy (non-hydrogen) atoms. The number of nitrogens with one attached hydrogen (secondary N) is 1. The number of amides is 1. The molecular weight excluding hydrogens is 290 g/mol. The number of rotatable bonds is 4. The van der Waals surface area contributed by atoms with Gasteiger partial charge in [0.2, 0.25) is 0 Å². The zero-order chi connectivity index (χ0) is 12.3. The molecule has 6 heteroatoms. The topological polar surface area (TPSA) is 60.7 Å². The van der Waals surface area contributed by atoms with Crippen molar-refractivity contribution in [2.45, 2.75) is 12.0 Å². The van der Waals surface area contributed by atoms with Crippen LogP contribution in [0.5, 0.6) is 0 Å². The van der Waals surface area contributed by atoms with Crippen LogP contribution in [0.1, 0.15) is 17.0 Å². The first kappa shape index (κ1) is 12.6. The van der Waals surface area contributed by atoms with Gasteiger partial charge in [-0.3, -0.25) is 4.79 Å². The normalized spacial score (nSPS) is 23.9. The summed E-state index contributed by atoms with van der Waals surface area (Å²) in [4.78, 5) is 11.8. The number of methoxy groups -OCH3 is 1. The lowest BCUT2D eigenvalue weighted by molar-refractivity contribution is -0.0150. The van der Waals surface area contributed by atoms with E-state index in [1.54, 1.807) is 19.2 Å². The Labute approximate surface area is 108 Å². The highest BCUT2D eigenvalue weighted by molar-refractivity contribution is 9.10. The van der Waals surface area contributed by atoms with E-state index in [9.17, 15) is 4.79 Å². The van der Waals surface area contributed by atoms with Gasteiger partial charge in [0.15, 0.2) is 10.4 Å². The lowest BCUT2D eigenvalue weighted by Crippen LogP contribution is -2.44. The van der Waals surface area contributed by atoms with E-state index < -0.39 is 5.60 Å². The van der Waals surface area contributed by atoms with Crippen LogP contribution in [0.3, 0.4) is 0 Å². The van der Waals surface area contributed by atoms with Crippen molar-refractivity contribution in [2.24, 2.45) is 0 Å². The molecule has 1 aliphatic heterocycles. The number of furan rings is 1. The zero-order valence-corrected chi connectivity index (χ0v) is 11.1. The van der Waals surface area contributed by atoms with Crippen molar-refractivity contribution in [3.05, 3.63) is 22.6 Å². The fourth-order valence-electron chi connectivity index (χ4n) is 1.73. The molecule has 5 nitrogen and oxygen atoms in total. The lowest BCUT2D eigenvalue weighted by atomic mass is 10.0. The molecule has 0 spiro atoms. The van der Waals surface area contributed by atoms with E-state index in [4.69, 9.17) is 13.9 Å². The molecule has 2 heterocycles. The Morgan fingerprint density at radius 2 is 2.47 bits per heavy atom. The smallest absolute Gasteiger partial charge is 0.287 e. The number of carbonyl (C=O) groups excluding carboxylic acids is 1. The van der Waals surface area contributed by atoms with Crippen LogP contribution in [0.15, 0.2) is 21.2 Å².